The third-order valence-corrected chi connectivity index (χ3v) is 4.23. The van der Waals surface area contributed by atoms with Crippen molar-refractivity contribution < 1.29 is 18.9 Å². The van der Waals surface area contributed by atoms with E-state index in [0.29, 0.717) is 42.1 Å². The summed E-state index contributed by atoms with van der Waals surface area (Å²) in [4.78, 5) is 4.42. The van der Waals surface area contributed by atoms with E-state index in [0.717, 1.165) is 10.2 Å². The van der Waals surface area contributed by atoms with Crippen molar-refractivity contribution in [3.63, 3.8) is 0 Å². The van der Waals surface area contributed by atoms with Gasteiger partial charge in [-0.3, -0.25) is 0 Å². The summed E-state index contributed by atoms with van der Waals surface area (Å²) < 4.78 is 24.5. The maximum Gasteiger partial charge on any atom is 0.231 e. The van der Waals surface area contributed by atoms with Gasteiger partial charge in [-0.25, -0.2) is 4.98 Å². The van der Waals surface area contributed by atoms with Crippen molar-refractivity contribution in [2.45, 2.75) is 12.8 Å². The van der Waals surface area contributed by atoms with Crippen molar-refractivity contribution in [2.24, 2.45) is 0 Å². The van der Waals surface area contributed by atoms with Gasteiger partial charge < -0.3 is 23.5 Å². The molecule has 0 amide bonds. The van der Waals surface area contributed by atoms with E-state index in [4.69, 9.17) is 30.5 Å². The molecule has 0 bridgehead atoms. The van der Waals surface area contributed by atoms with Gasteiger partial charge in [-0.1, -0.05) is 11.6 Å². The summed E-state index contributed by atoms with van der Waals surface area (Å²) in [7, 11) is 0. The molecule has 1 aromatic carbocycles. The molecule has 3 heterocycles. The zero-order valence-electron chi connectivity index (χ0n) is 11.4. The molecule has 116 valence electrons. The lowest BCUT2D eigenvalue weighted by atomic mass is 10.2. The summed E-state index contributed by atoms with van der Waals surface area (Å²) in [6.45, 7) is 1.90. The van der Waals surface area contributed by atoms with Crippen LogP contribution in [0, 0.1) is 0 Å². The highest BCUT2D eigenvalue weighted by molar-refractivity contribution is 9.10. The van der Waals surface area contributed by atoms with Crippen molar-refractivity contribution >= 4 is 27.5 Å². The molecule has 0 aliphatic carbocycles. The second-order valence-electron chi connectivity index (χ2n) is 4.92. The Morgan fingerprint density at radius 3 is 2.73 bits per heavy atom. The summed E-state index contributed by atoms with van der Waals surface area (Å²) in [6, 6.07) is 3.66. The fraction of sp³-hybridized carbons (Fsp3) is 0.357. The lowest BCUT2D eigenvalue weighted by molar-refractivity contribution is -0.0528. The van der Waals surface area contributed by atoms with E-state index < -0.39 is 6.29 Å². The molecule has 0 spiro atoms. The van der Waals surface area contributed by atoms with Gasteiger partial charge in [-0.2, -0.15) is 0 Å². The lowest BCUT2D eigenvalue weighted by Crippen LogP contribution is -2.10. The summed E-state index contributed by atoms with van der Waals surface area (Å²) in [5, 5.41) is 0.619. The second-order valence-corrected chi connectivity index (χ2v) is 6.14. The molecule has 4 rings (SSSR count). The van der Waals surface area contributed by atoms with Gasteiger partial charge in [-0.15, -0.1) is 0 Å². The number of aromatic nitrogens is 2. The van der Waals surface area contributed by atoms with Crippen LogP contribution in [0.1, 0.15) is 17.7 Å². The van der Waals surface area contributed by atoms with Crippen LogP contribution in [0.25, 0.3) is 0 Å². The molecule has 0 saturated carbocycles. The van der Waals surface area contributed by atoms with Crippen LogP contribution in [0.5, 0.6) is 11.5 Å². The van der Waals surface area contributed by atoms with Crippen LogP contribution < -0.4 is 9.47 Å². The van der Waals surface area contributed by atoms with E-state index in [9.17, 15) is 0 Å². The molecule has 1 aromatic heterocycles. The first kappa shape index (κ1) is 14.3. The normalized spacial score (nSPS) is 17.4. The Morgan fingerprint density at radius 2 is 1.95 bits per heavy atom. The molecule has 2 aromatic rings. The van der Waals surface area contributed by atoms with Gasteiger partial charge in [0.25, 0.3) is 0 Å². The van der Waals surface area contributed by atoms with Crippen LogP contribution in [0.2, 0.25) is 5.02 Å². The van der Waals surface area contributed by atoms with Crippen LogP contribution in [0.4, 0.5) is 0 Å². The summed E-state index contributed by atoms with van der Waals surface area (Å²) in [6.07, 6.45) is 1.43. The average molecular weight is 388 g/mol. The number of nitrogens with zero attached hydrogens (tertiary/aromatic N) is 2. The smallest absolute Gasteiger partial charge is 0.231 e. The Bertz CT molecular complexity index is 715. The number of fused-ring (bicyclic) bond motifs is 1. The Hall–Kier alpha value is -1.28. The second kappa shape index (κ2) is 5.73. The summed E-state index contributed by atoms with van der Waals surface area (Å²) >= 11 is 9.72. The summed E-state index contributed by atoms with van der Waals surface area (Å²) in [5.74, 6) is 2.08. The Kier molecular flexibility index (Phi) is 3.73. The molecule has 22 heavy (non-hydrogen) atoms. The highest BCUT2D eigenvalue weighted by atomic mass is 79.9. The topological polar surface area (TPSA) is 54.7 Å². The summed E-state index contributed by atoms with van der Waals surface area (Å²) in [5.41, 5.74) is 0.912. The van der Waals surface area contributed by atoms with Crippen LogP contribution in [0.3, 0.4) is 0 Å². The van der Waals surface area contributed by atoms with Crippen molar-refractivity contribution in [1.29, 1.82) is 0 Å². The number of benzene rings is 1. The number of ether oxygens (including phenoxy) is 4. The molecule has 0 unspecified atom stereocenters. The fourth-order valence-electron chi connectivity index (χ4n) is 2.48. The van der Waals surface area contributed by atoms with Crippen molar-refractivity contribution in [1.82, 2.24) is 9.55 Å². The molecule has 0 N–H and O–H groups in total. The van der Waals surface area contributed by atoms with Gasteiger partial charge in [0, 0.05) is 17.3 Å². The molecule has 2 aliphatic rings. The fourth-order valence-corrected chi connectivity index (χ4v) is 3.13. The Labute approximate surface area is 140 Å². The Morgan fingerprint density at radius 1 is 1.23 bits per heavy atom. The molecule has 8 heteroatoms. The molecular weight excluding hydrogens is 376 g/mol. The van der Waals surface area contributed by atoms with Crippen LogP contribution in [-0.2, 0) is 16.0 Å². The van der Waals surface area contributed by atoms with E-state index in [2.05, 4.69) is 20.9 Å². The predicted octanol–water partition coefficient (Wildman–Crippen LogP) is 3.12. The first-order valence-corrected chi connectivity index (χ1v) is 7.91. The average Bonchev–Trinajstić information content (AvgIpc) is 3.19. The SMILES string of the molecule is Clc1cc2c(cc1Cn1cc(Br)nc1C1OCCO1)OCO2. The highest BCUT2D eigenvalue weighted by Crippen LogP contribution is 2.37. The minimum atomic E-state index is -0.445. The van der Waals surface area contributed by atoms with E-state index in [1.165, 1.54) is 0 Å². The van der Waals surface area contributed by atoms with Crippen molar-refractivity contribution in [3.8, 4) is 11.5 Å². The standard InChI is InChI=1S/C14H12BrClN2O4/c15-12-6-18(13(17-12)14-19-1-2-20-14)5-8-3-10-11(4-9(8)16)22-7-21-10/h3-4,6,14H,1-2,5,7H2. The zero-order valence-corrected chi connectivity index (χ0v) is 13.8. The predicted molar refractivity (Wildman–Crippen MR) is 81.2 cm³/mol. The van der Waals surface area contributed by atoms with Gasteiger partial charge in [0.15, 0.2) is 17.3 Å². The molecular formula is C14H12BrClN2O4. The van der Waals surface area contributed by atoms with Crippen molar-refractivity contribution in [3.05, 3.63) is 39.3 Å². The largest absolute Gasteiger partial charge is 0.454 e. The zero-order chi connectivity index (χ0) is 15.1. The van der Waals surface area contributed by atoms with E-state index in [-0.39, 0.29) is 6.79 Å². The highest BCUT2D eigenvalue weighted by Gasteiger charge is 2.25. The van der Waals surface area contributed by atoms with Crippen LogP contribution >= 0.6 is 27.5 Å². The molecule has 2 aliphatic heterocycles. The quantitative estimate of drug-likeness (QED) is 0.810. The number of hydrogen-bond donors (Lipinski definition) is 0. The number of halogens is 2. The number of imidazole rings is 1. The van der Waals surface area contributed by atoms with Gasteiger partial charge in [0.05, 0.1) is 19.8 Å². The van der Waals surface area contributed by atoms with Gasteiger partial charge in [0.2, 0.25) is 13.1 Å². The van der Waals surface area contributed by atoms with E-state index in [1.807, 2.05) is 16.8 Å². The van der Waals surface area contributed by atoms with Gasteiger partial charge >= 0.3 is 0 Å². The monoisotopic (exact) mass is 386 g/mol. The van der Waals surface area contributed by atoms with E-state index in [1.54, 1.807) is 6.07 Å². The minimum absolute atomic E-state index is 0.223. The number of rotatable bonds is 3. The third kappa shape index (κ3) is 2.58. The van der Waals surface area contributed by atoms with Crippen LogP contribution in [-0.4, -0.2) is 29.6 Å². The molecule has 1 fully saturated rings. The maximum absolute atomic E-state index is 6.33. The third-order valence-electron chi connectivity index (χ3n) is 3.49. The molecule has 1 saturated heterocycles. The van der Waals surface area contributed by atoms with E-state index >= 15 is 0 Å². The van der Waals surface area contributed by atoms with Gasteiger partial charge in [-0.05, 0) is 27.6 Å². The van der Waals surface area contributed by atoms with Gasteiger partial charge in [0.1, 0.15) is 4.60 Å². The molecule has 0 atom stereocenters. The maximum atomic E-state index is 6.33. The first-order valence-electron chi connectivity index (χ1n) is 6.74. The van der Waals surface area contributed by atoms with Crippen molar-refractivity contribution in [2.75, 3.05) is 20.0 Å². The molecule has 0 radical (unpaired) electrons. The number of hydrogen-bond acceptors (Lipinski definition) is 5. The Balaban J connectivity index is 1.66. The van der Waals surface area contributed by atoms with Crippen LogP contribution in [0.15, 0.2) is 22.9 Å². The minimum Gasteiger partial charge on any atom is -0.454 e. The lowest BCUT2D eigenvalue weighted by Gasteiger charge is -2.13. The molecule has 6 nitrogen and oxygen atoms in total. The first-order chi connectivity index (χ1) is 10.7.